The number of aromatic nitrogens is 2. The van der Waals surface area contributed by atoms with Gasteiger partial charge in [-0.05, 0) is 88.0 Å². The molecule has 0 amide bonds. The predicted molar refractivity (Wildman–Crippen MR) is 211 cm³/mol. The molecule has 0 fully saturated rings. The molecule has 0 saturated heterocycles. The van der Waals surface area contributed by atoms with Gasteiger partial charge in [-0.25, -0.2) is 0 Å². The first-order valence-electron chi connectivity index (χ1n) is 17.2. The summed E-state index contributed by atoms with van der Waals surface area (Å²) in [7, 11) is 0. The summed E-state index contributed by atoms with van der Waals surface area (Å²) in [6, 6.07) is 70.5. The van der Waals surface area contributed by atoms with Crippen LogP contribution in [0.2, 0.25) is 0 Å². The summed E-state index contributed by atoms with van der Waals surface area (Å²) in [5.74, 6) is 0. The zero-order chi connectivity index (χ0) is 33.0. The Kier molecular flexibility index (Phi) is 6.53. The molecular formula is C48H32N2. The van der Waals surface area contributed by atoms with Crippen molar-refractivity contribution in [1.82, 2.24) is 9.13 Å². The molecule has 0 radical (unpaired) electrons. The van der Waals surface area contributed by atoms with E-state index in [1.807, 2.05) is 0 Å². The fraction of sp³-hybridized carbons (Fsp3) is 0. The topological polar surface area (TPSA) is 9.86 Å². The molecule has 0 bridgehead atoms. The number of hydrogen-bond donors (Lipinski definition) is 0. The van der Waals surface area contributed by atoms with Gasteiger partial charge in [-0.1, -0.05) is 140 Å². The summed E-state index contributed by atoms with van der Waals surface area (Å²) in [6.45, 7) is 0. The summed E-state index contributed by atoms with van der Waals surface area (Å²) in [5, 5.41) is 5.01. The molecule has 2 aromatic heterocycles. The second-order valence-electron chi connectivity index (χ2n) is 13.0. The van der Waals surface area contributed by atoms with Crippen LogP contribution in [0.4, 0.5) is 0 Å². The molecule has 234 valence electrons. The maximum absolute atomic E-state index is 2.46. The molecule has 0 unspecified atom stereocenters. The minimum Gasteiger partial charge on any atom is -0.309 e. The van der Waals surface area contributed by atoms with E-state index in [0.29, 0.717) is 0 Å². The SMILES string of the molecule is c1ccc(-c2ccc(-n3c4ccccc4c4cc5c6ccccc6n(-c6cc(-c7ccccc7)cc(-c7ccccc7)c6)c5cc43)cc2)cc1. The molecule has 10 rings (SSSR count). The van der Waals surface area contributed by atoms with Gasteiger partial charge in [0.2, 0.25) is 0 Å². The Morgan fingerprint density at radius 2 is 0.620 bits per heavy atom. The second-order valence-corrected chi connectivity index (χ2v) is 13.0. The Morgan fingerprint density at radius 1 is 0.220 bits per heavy atom. The van der Waals surface area contributed by atoms with Crippen LogP contribution in [-0.4, -0.2) is 9.13 Å². The molecule has 10 aromatic rings. The van der Waals surface area contributed by atoms with Crippen LogP contribution < -0.4 is 0 Å². The van der Waals surface area contributed by atoms with E-state index in [-0.39, 0.29) is 0 Å². The molecule has 2 heterocycles. The van der Waals surface area contributed by atoms with E-state index in [0.717, 1.165) is 11.4 Å². The van der Waals surface area contributed by atoms with Gasteiger partial charge in [0, 0.05) is 32.9 Å². The van der Waals surface area contributed by atoms with Crippen molar-refractivity contribution in [3.63, 3.8) is 0 Å². The van der Waals surface area contributed by atoms with Gasteiger partial charge in [-0.15, -0.1) is 0 Å². The van der Waals surface area contributed by atoms with Gasteiger partial charge < -0.3 is 9.13 Å². The van der Waals surface area contributed by atoms with Crippen LogP contribution in [0, 0.1) is 0 Å². The summed E-state index contributed by atoms with van der Waals surface area (Å²) < 4.78 is 4.89. The fourth-order valence-corrected chi connectivity index (χ4v) is 7.76. The highest BCUT2D eigenvalue weighted by molar-refractivity contribution is 6.19. The fourth-order valence-electron chi connectivity index (χ4n) is 7.76. The van der Waals surface area contributed by atoms with E-state index in [1.165, 1.54) is 77.0 Å². The quantitative estimate of drug-likeness (QED) is 0.178. The number of benzene rings is 8. The van der Waals surface area contributed by atoms with Crippen LogP contribution in [0.1, 0.15) is 0 Å². The van der Waals surface area contributed by atoms with Crippen LogP contribution in [0.25, 0.3) is 88.4 Å². The van der Waals surface area contributed by atoms with E-state index in [1.54, 1.807) is 0 Å². The molecule has 8 aromatic carbocycles. The highest BCUT2D eigenvalue weighted by atomic mass is 15.0. The average Bonchev–Trinajstić information content (AvgIpc) is 3.70. The minimum absolute atomic E-state index is 1.14. The zero-order valence-electron chi connectivity index (χ0n) is 27.4. The summed E-state index contributed by atoms with van der Waals surface area (Å²) >= 11 is 0. The molecule has 0 N–H and O–H groups in total. The lowest BCUT2D eigenvalue weighted by atomic mass is 9.98. The van der Waals surface area contributed by atoms with Crippen LogP contribution in [0.15, 0.2) is 194 Å². The molecule has 50 heavy (non-hydrogen) atoms. The highest BCUT2D eigenvalue weighted by Crippen LogP contribution is 2.41. The van der Waals surface area contributed by atoms with Crippen molar-refractivity contribution in [3.05, 3.63) is 194 Å². The van der Waals surface area contributed by atoms with Crippen molar-refractivity contribution in [2.75, 3.05) is 0 Å². The number of fused-ring (bicyclic) bond motifs is 6. The van der Waals surface area contributed by atoms with Crippen LogP contribution in [0.3, 0.4) is 0 Å². The van der Waals surface area contributed by atoms with Crippen LogP contribution >= 0.6 is 0 Å². The van der Waals surface area contributed by atoms with Crippen molar-refractivity contribution >= 4 is 43.6 Å². The van der Waals surface area contributed by atoms with E-state index in [9.17, 15) is 0 Å². The molecule has 0 aliphatic heterocycles. The zero-order valence-corrected chi connectivity index (χ0v) is 27.4. The molecule has 2 nitrogen and oxygen atoms in total. The summed E-state index contributed by atoms with van der Waals surface area (Å²) in [4.78, 5) is 0. The molecule has 0 aliphatic rings. The van der Waals surface area contributed by atoms with Gasteiger partial charge in [-0.3, -0.25) is 0 Å². The first-order valence-corrected chi connectivity index (χ1v) is 17.2. The average molecular weight is 637 g/mol. The Balaban J connectivity index is 1.26. The number of para-hydroxylation sites is 2. The van der Waals surface area contributed by atoms with Gasteiger partial charge in [0.05, 0.1) is 22.1 Å². The Bertz CT molecular complexity index is 2770. The first kappa shape index (κ1) is 28.4. The Morgan fingerprint density at radius 3 is 1.12 bits per heavy atom. The largest absolute Gasteiger partial charge is 0.309 e. The van der Waals surface area contributed by atoms with Crippen LogP contribution in [-0.2, 0) is 0 Å². The lowest BCUT2D eigenvalue weighted by Gasteiger charge is -2.14. The van der Waals surface area contributed by atoms with Gasteiger partial charge >= 0.3 is 0 Å². The normalized spacial score (nSPS) is 11.6. The second kappa shape index (κ2) is 11.5. The van der Waals surface area contributed by atoms with Gasteiger partial charge in [0.1, 0.15) is 0 Å². The van der Waals surface area contributed by atoms with Crippen LogP contribution in [0.5, 0.6) is 0 Å². The highest BCUT2D eigenvalue weighted by Gasteiger charge is 2.19. The maximum atomic E-state index is 2.46. The van der Waals surface area contributed by atoms with Gasteiger partial charge in [0.15, 0.2) is 0 Å². The smallest absolute Gasteiger partial charge is 0.0562 e. The monoisotopic (exact) mass is 636 g/mol. The summed E-state index contributed by atoms with van der Waals surface area (Å²) in [5.41, 5.74) is 14.3. The van der Waals surface area contributed by atoms with Crippen molar-refractivity contribution in [2.45, 2.75) is 0 Å². The van der Waals surface area contributed by atoms with Crippen molar-refractivity contribution in [1.29, 1.82) is 0 Å². The number of hydrogen-bond acceptors (Lipinski definition) is 0. The number of rotatable bonds is 5. The van der Waals surface area contributed by atoms with E-state index in [4.69, 9.17) is 0 Å². The molecule has 0 saturated carbocycles. The first-order chi connectivity index (χ1) is 24.8. The Labute approximate surface area is 290 Å². The van der Waals surface area contributed by atoms with E-state index >= 15 is 0 Å². The van der Waals surface area contributed by atoms with E-state index < -0.39 is 0 Å². The third-order valence-corrected chi connectivity index (χ3v) is 10.1. The standard InChI is InChI=1S/C48H32N2/c1-4-14-33(15-5-1)36-24-26-39(27-25-36)49-45-22-12-10-20-41(45)43-31-44-42-21-11-13-23-46(42)50(48(44)32-47(43)49)40-29-37(34-16-6-2-7-17-34)28-38(30-40)35-18-8-3-9-19-35/h1-32H. The van der Waals surface area contributed by atoms with Crippen molar-refractivity contribution < 1.29 is 0 Å². The summed E-state index contributed by atoms with van der Waals surface area (Å²) in [6.07, 6.45) is 0. The van der Waals surface area contributed by atoms with Crippen molar-refractivity contribution in [3.8, 4) is 44.8 Å². The lowest BCUT2D eigenvalue weighted by Crippen LogP contribution is -1.97. The maximum Gasteiger partial charge on any atom is 0.0562 e. The molecule has 0 spiro atoms. The van der Waals surface area contributed by atoms with Gasteiger partial charge in [0.25, 0.3) is 0 Å². The Hall–Kier alpha value is -6.64. The molecule has 0 aliphatic carbocycles. The molecule has 0 atom stereocenters. The van der Waals surface area contributed by atoms with Crippen molar-refractivity contribution in [2.24, 2.45) is 0 Å². The third-order valence-electron chi connectivity index (χ3n) is 10.1. The number of nitrogens with zero attached hydrogens (tertiary/aromatic N) is 2. The van der Waals surface area contributed by atoms with Gasteiger partial charge in [-0.2, -0.15) is 0 Å². The lowest BCUT2D eigenvalue weighted by molar-refractivity contribution is 1.16. The molecule has 2 heteroatoms. The third kappa shape index (κ3) is 4.57. The molecular weight excluding hydrogens is 605 g/mol. The minimum atomic E-state index is 1.14. The predicted octanol–water partition coefficient (Wildman–Crippen LogP) is 12.9. The van der Waals surface area contributed by atoms with E-state index in [2.05, 4.69) is 203 Å².